The second-order valence-electron chi connectivity index (χ2n) is 12.5. The summed E-state index contributed by atoms with van der Waals surface area (Å²) < 4.78 is 30.2. The molecule has 1 aromatic heterocycles. The molecular formula is C30H37N3O3S. The van der Waals surface area contributed by atoms with Crippen LogP contribution in [0.1, 0.15) is 69.8 Å². The number of hydrogen-bond acceptors (Lipinski definition) is 5. The first-order valence-electron chi connectivity index (χ1n) is 13.9. The van der Waals surface area contributed by atoms with E-state index < -0.39 is 10.0 Å². The van der Waals surface area contributed by atoms with Gasteiger partial charge < -0.3 is 10.1 Å². The Labute approximate surface area is 219 Å². The molecule has 1 aromatic carbocycles. The quantitative estimate of drug-likeness (QED) is 0.596. The first-order chi connectivity index (χ1) is 17.7. The van der Waals surface area contributed by atoms with Crippen molar-refractivity contribution < 1.29 is 13.2 Å². The maximum atomic E-state index is 11.4. The second kappa shape index (κ2) is 8.22. The van der Waals surface area contributed by atoms with Crippen LogP contribution < -0.4 is 10.5 Å². The number of nitrogens with two attached hydrogens (primary N) is 1. The van der Waals surface area contributed by atoms with Crippen molar-refractivity contribution in [2.24, 2.45) is 16.5 Å². The van der Waals surface area contributed by atoms with Crippen LogP contribution in [0.15, 0.2) is 60.0 Å². The summed E-state index contributed by atoms with van der Waals surface area (Å²) in [7, 11) is -3.45. The lowest BCUT2D eigenvalue weighted by Gasteiger charge is -2.54. The maximum absolute atomic E-state index is 11.4. The molecule has 3 N–H and O–H groups in total. The van der Waals surface area contributed by atoms with Crippen LogP contribution in [0.3, 0.4) is 0 Å². The summed E-state index contributed by atoms with van der Waals surface area (Å²) in [5, 5.41) is 11.2. The Hall–Kier alpha value is -2.06. The van der Waals surface area contributed by atoms with Crippen LogP contribution in [0, 0.1) is 11.3 Å². The highest BCUT2D eigenvalue weighted by Gasteiger charge is 2.66. The summed E-state index contributed by atoms with van der Waals surface area (Å²) in [6.45, 7) is 2.91. The molecule has 3 aliphatic carbocycles. The fourth-order valence-corrected chi connectivity index (χ4v) is 9.26. The minimum atomic E-state index is -3.45. The Morgan fingerprint density at radius 1 is 1.16 bits per heavy atom. The number of hydrogen-bond donors (Lipinski definition) is 2. The smallest absolute Gasteiger partial charge is 0.210 e. The lowest BCUT2D eigenvalue weighted by molar-refractivity contribution is -0.136. The standard InChI is InChI=1S/C30H37N3O3S/c1-28-10-8-24-17-23-4-5-25(33-14-15-37(31,34)35)18-29(23)11-12-30(24,36-29)27(28)7-6-26(28)21-3-2-20-9-13-32-19-22(20)16-21/h2-3,8-9,13,16-17,19,25-27,33H,4-7,10-12,14-15,18H2,1H3,(H2,31,34,35)/t25?,26?,27-,28-,29-,30-/m1/s1. The summed E-state index contributed by atoms with van der Waals surface area (Å²) in [4.78, 5) is 4.36. The van der Waals surface area contributed by atoms with Crippen molar-refractivity contribution in [3.8, 4) is 0 Å². The Morgan fingerprint density at radius 3 is 2.92 bits per heavy atom. The summed E-state index contributed by atoms with van der Waals surface area (Å²) in [5.74, 6) is 0.991. The number of rotatable bonds is 5. The third-order valence-corrected chi connectivity index (χ3v) is 11.3. The Bertz CT molecular complexity index is 1430. The molecule has 2 aromatic rings. The Kier molecular flexibility index (Phi) is 5.33. The molecule has 37 heavy (non-hydrogen) atoms. The molecule has 1 saturated heterocycles. The molecule has 0 amide bonds. The Morgan fingerprint density at radius 2 is 2.05 bits per heavy atom. The first kappa shape index (κ1) is 24.0. The second-order valence-corrected chi connectivity index (χ2v) is 14.2. The monoisotopic (exact) mass is 519 g/mol. The van der Waals surface area contributed by atoms with E-state index in [1.165, 1.54) is 40.3 Å². The third kappa shape index (κ3) is 3.68. The molecule has 7 heteroatoms. The van der Waals surface area contributed by atoms with Gasteiger partial charge in [-0.25, -0.2) is 13.6 Å². The van der Waals surface area contributed by atoms with E-state index in [0.717, 1.165) is 38.5 Å². The van der Waals surface area contributed by atoms with Gasteiger partial charge in [-0.1, -0.05) is 31.2 Å². The lowest BCUT2D eigenvalue weighted by Crippen LogP contribution is -2.55. The van der Waals surface area contributed by atoms with Crippen molar-refractivity contribution in [3.63, 3.8) is 0 Å². The summed E-state index contributed by atoms with van der Waals surface area (Å²) in [5.41, 5.74) is 4.10. The van der Waals surface area contributed by atoms with Crippen LogP contribution in [0.2, 0.25) is 0 Å². The van der Waals surface area contributed by atoms with E-state index >= 15 is 0 Å². The van der Waals surface area contributed by atoms with Crippen molar-refractivity contribution in [2.45, 2.75) is 81.5 Å². The van der Waals surface area contributed by atoms with Crippen LogP contribution in [0.4, 0.5) is 0 Å². The minimum absolute atomic E-state index is 0.0243. The first-order valence-corrected chi connectivity index (χ1v) is 15.6. The number of fused-ring (bicyclic) bond motifs is 2. The number of ether oxygens (including phenoxy) is 1. The summed E-state index contributed by atoms with van der Waals surface area (Å²) in [6, 6.07) is 9.31. The van der Waals surface area contributed by atoms with Gasteiger partial charge in [0.05, 0.1) is 17.0 Å². The van der Waals surface area contributed by atoms with Gasteiger partial charge in [0.2, 0.25) is 10.0 Å². The number of nitrogens with zero attached hydrogens (tertiary/aromatic N) is 1. The van der Waals surface area contributed by atoms with E-state index in [1.807, 2.05) is 12.4 Å². The molecule has 2 aliphatic heterocycles. The van der Waals surface area contributed by atoms with E-state index in [2.05, 4.69) is 53.6 Å². The molecular weight excluding hydrogens is 482 g/mol. The molecule has 2 bridgehead atoms. The average Bonchev–Trinajstić information content (AvgIpc) is 3.38. The van der Waals surface area contributed by atoms with Crippen LogP contribution in [-0.2, 0) is 14.8 Å². The molecule has 2 unspecified atom stereocenters. The number of nitrogens with one attached hydrogen (secondary N) is 1. The molecule has 6 atom stereocenters. The molecule has 7 rings (SSSR count). The SMILES string of the molecule is C[C@]12CC=C3C=C4CCC(NCCS(N)(=O)=O)C[C@]45CC[C@]3(O5)[C@@H]1CCC2c1ccc2ccncc2c1. The maximum Gasteiger partial charge on any atom is 0.210 e. The van der Waals surface area contributed by atoms with E-state index in [0.29, 0.717) is 18.4 Å². The van der Waals surface area contributed by atoms with Crippen LogP contribution in [-0.4, -0.2) is 42.9 Å². The topological polar surface area (TPSA) is 94.3 Å². The highest BCUT2D eigenvalue weighted by atomic mass is 32.2. The van der Waals surface area contributed by atoms with Gasteiger partial charge in [-0.2, -0.15) is 0 Å². The minimum Gasteiger partial charge on any atom is -0.359 e. The lowest BCUT2D eigenvalue weighted by atomic mass is 9.58. The number of allylic oxidation sites excluding steroid dienone is 1. The van der Waals surface area contributed by atoms with Gasteiger partial charge in [0, 0.05) is 30.4 Å². The van der Waals surface area contributed by atoms with Gasteiger partial charge in [-0.15, -0.1) is 0 Å². The summed E-state index contributed by atoms with van der Waals surface area (Å²) in [6.07, 6.45) is 17.4. The predicted molar refractivity (Wildman–Crippen MR) is 145 cm³/mol. The molecule has 6 nitrogen and oxygen atoms in total. The van der Waals surface area contributed by atoms with Crippen LogP contribution >= 0.6 is 0 Å². The van der Waals surface area contributed by atoms with E-state index in [-0.39, 0.29) is 28.4 Å². The van der Waals surface area contributed by atoms with E-state index in [4.69, 9.17) is 9.88 Å². The van der Waals surface area contributed by atoms with Crippen molar-refractivity contribution in [1.82, 2.24) is 10.3 Å². The predicted octanol–water partition coefficient (Wildman–Crippen LogP) is 4.72. The normalized spacial score (nSPS) is 38.5. The molecule has 5 aliphatic rings. The summed E-state index contributed by atoms with van der Waals surface area (Å²) >= 11 is 0. The molecule has 3 heterocycles. The number of aromatic nitrogens is 1. The zero-order valence-electron chi connectivity index (χ0n) is 21.6. The fourth-order valence-electron chi connectivity index (χ4n) is 8.85. The van der Waals surface area contributed by atoms with Crippen LogP contribution in [0.25, 0.3) is 10.8 Å². The van der Waals surface area contributed by atoms with Gasteiger partial charge >= 0.3 is 0 Å². The largest absolute Gasteiger partial charge is 0.359 e. The fraction of sp³-hybridized carbons (Fsp3) is 0.567. The van der Waals surface area contributed by atoms with Gasteiger partial charge in [-0.3, -0.25) is 4.98 Å². The van der Waals surface area contributed by atoms with Gasteiger partial charge in [0.15, 0.2) is 0 Å². The van der Waals surface area contributed by atoms with Crippen molar-refractivity contribution in [1.29, 1.82) is 0 Å². The number of pyridine rings is 1. The number of sulfonamides is 1. The molecule has 3 fully saturated rings. The zero-order chi connectivity index (χ0) is 25.5. The molecule has 196 valence electrons. The third-order valence-electron chi connectivity index (χ3n) is 10.6. The molecule has 2 saturated carbocycles. The van der Waals surface area contributed by atoms with Crippen molar-refractivity contribution in [3.05, 3.63) is 65.5 Å². The molecule has 0 radical (unpaired) electrons. The van der Waals surface area contributed by atoms with Crippen LogP contribution in [0.5, 0.6) is 0 Å². The highest BCUT2D eigenvalue weighted by Crippen LogP contribution is 2.69. The highest BCUT2D eigenvalue weighted by molar-refractivity contribution is 7.89. The van der Waals surface area contributed by atoms with E-state index in [1.54, 1.807) is 0 Å². The number of primary sulfonamides is 1. The van der Waals surface area contributed by atoms with Gasteiger partial charge in [0.1, 0.15) is 0 Å². The van der Waals surface area contributed by atoms with Crippen molar-refractivity contribution >= 4 is 20.8 Å². The van der Waals surface area contributed by atoms with Gasteiger partial charge in [0.25, 0.3) is 0 Å². The zero-order valence-corrected chi connectivity index (χ0v) is 22.4. The average molecular weight is 520 g/mol. The molecule has 2 spiro atoms. The van der Waals surface area contributed by atoms with Crippen molar-refractivity contribution in [2.75, 3.05) is 12.3 Å². The van der Waals surface area contributed by atoms with Gasteiger partial charge in [-0.05, 0) is 103 Å². The Balaban J connectivity index is 1.17. The number of benzene rings is 1. The van der Waals surface area contributed by atoms with E-state index in [9.17, 15) is 8.42 Å².